The first-order valence-corrected chi connectivity index (χ1v) is 8.02. The van der Waals surface area contributed by atoms with E-state index in [9.17, 15) is 9.59 Å². The van der Waals surface area contributed by atoms with E-state index in [4.69, 9.17) is 18.9 Å². The van der Waals surface area contributed by atoms with Gasteiger partial charge in [0.15, 0.2) is 6.29 Å². The molecule has 1 heterocycles. The fraction of sp³-hybridized carbons (Fsp3) is 0.368. The Hall–Kier alpha value is -2.44. The predicted octanol–water partition coefficient (Wildman–Crippen LogP) is 2.49. The molecule has 1 aromatic carbocycles. The van der Waals surface area contributed by atoms with Crippen LogP contribution in [0.2, 0.25) is 0 Å². The largest absolute Gasteiger partial charge is 0.463 e. The van der Waals surface area contributed by atoms with Gasteiger partial charge in [-0.05, 0) is 17.7 Å². The normalized spacial score (nSPS) is 22.7. The van der Waals surface area contributed by atoms with Crippen LogP contribution in [0.15, 0.2) is 48.6 Å². The van der Waals surface area contributed by atoms with Gasteiger partial charge < -0.3 is 18.9 Å². The van der Waals surface area contributed by atoms with Crippen LogP contribution in [-0.2, 0) is 28.5 Å². The maximum Gasteiger partial charge on any atom is 0.303 e. The smallest absolute Gasteiger partial charge is 0.303 e. The van der Waals surface area contributed by atoms with Gasteiger partial charge in [0.2, 0.25) is 0 Å². The number of hydrogen-bond donors (Lipinski definition) is 0. The minimum atomic E-state index is -0.614. The molecule has 0 fully saturated rings. The molecule has 0 amide bonds. The lowest BCUT2D eigenvalue weighted by atomic mass is 10.1. The molecule has 0 aromatic heterocycles. The molecule has 6 heteroatoms. The first-order chi connectivity index (χ1) is 12.0. The zero-order chi connectivity index (χ0) is 18.1. The van der Waals surface area contributed by atoms with E-state index in [1.807, 2.05) is 42.5 Å². The Labute approximate surface area is 147 Å². The number of rotatable bonds is 7. The Morgan fingerprint density at radius 2 is 1.88 bits per heavy atom. The van der Waals surface area contributed by atoms with Gasteiger partial charge in [0.05, 0.1) is 6.61 Å². The Bertz CT molecular complexity index is 622. The van der Waals surface area contributed by atoms with Gasteiger partial charge in [-0.15, -0.1) is 0 Å². The molecule has 6 nitrogen and oxygen atoms in total. The molecule has 25 heavy (non-hydrogen) atoms. The third-order valence-corrected chi connectivity index (χ3v) is 3.35. The van der Waals surface area contributed by atoms with Gasteiger partial charge in [-0.1, -0.05) is 42.5 Å². The molecule has 0 spiro atoms. The third kappa shape index (κ3) is 6.91. The van der Waals surface area contributed by atoms with Crippen LogP contribution in [-0.4, -0.2) is 43.7 Å². The van der Waals surface area contributed by atoms with Gasteiger partial charge >= 0.3 is 11.9 Å². The molecule has 1 unspecified atom stereocenters. The summed E-state index contributed by atoms with van der Waals surface area (Å²) in [7, 11) is 0. The highest BCUT2D eigenvalue weighted by Crippen LogP contribution is 2.18. The maximum atomic E-state index is 11.2. The van der Waals surface area contributed by atoms with Crippen molar-refractivity contribution in [2.24, 2.45) is 0 Å². The zero-order valence-electron chi connectivity index (χ0n) is 14.3. The molecule has 0 bridgehead atoms. The van der Waals surface area contributed by atoms with E-state index in [1.165, 1.54) is 13.8 Å². The van der Waals surface area contributed by atoms with E-state index in [0.29, 0.717) is 6.61 Å². The molecule has 1 aromatic rings. The number of esters is 2. The summed E-state index contributed by atoms with van der Waals surface area (Å²) in [5, 5.41) is 0. The van der Waals surface area contributed by atoms with E-state index >= 15 is 0 Å². The van der Waals surface area contributed by atoms with Gasteiger partial charge in [0, 0.05) is 13.8 Å². The first kappa shape index (κ1) is 18.9. The van der Waals surface area contributed by atoms with Crippen molar-refractivity contribution in [1.82, 2.24) is 0 Å². The fourth-order valence-electron chi connectivity index (χ4n) is 2.25. The van der Waals surface area contributed by atoms with Gasteiger partial charge in [0.25, 0.3) is 0 Å². The van der Waals surface area contributed by atoms with Crippen LogP contribution in [0.5, 0.6) is 0 Å². The first-order valence-electron chi connectivity index (χ1n) is 8.02. The van der Waals surface area contributed by atoms with Crippen molar-refractivity contribution in [3.05, 3.63) is 54.1 Å². The summed E-state index contributed by atoms with van der Waals surface area (Å²) in [6.45, 7) is 2.95. The number of carbonyl (C=O) groups is 2. The SMILES string of the molecule is CC(=O)OC[C@H]1OC(OC/C=C/c2ccccc2)C=C[C@@H]1OC(C)=O. The second-order valence-electron chi connectivity index (χ2n) is 5.45. The molecule has 2 rings (SSSR count). The summed E-state index contributed by atoms with van der Waals surface area (Å²) >= 11 is 0. The average Bonchev–Trinajstić information content (AvgIpc) is 2.59. The number of benzene rings is 1. The van der Waals surface area contributed by atoms with Gasteiger partial charge in [-0.3, -0.25) is 9.59 Å². The number of carbonyl (C=O) groups excluding carboxylic acids is 2. The number of ether oxygens (including phenoxy) is 4. The fourth-order valence-corrected chi connectivity index (χ4v) is 2.25. The summed E-state index contributed by atoms with van der Waals surface area (Å²) < 4.78 is 21.4. The van der Waals surface area contributed by atoms with E-state index in [0.717, 1.165) is 5.56 Å². The van der Waals surface area contributed by atoms with Crippen molar-refractivity contribution in [3.63, 3.8) is 0 Å². The lowest BCUT2D eigenvalue weighted by Crippen LogP contribution is -2.42. The van der Waals surface area contributed by atoms with Crippen LogP contribution in [0.25, 0.3) is 6.08 Å². The minimum Gasteiger partial charge on any atom is -0.463 e. The Morgan fingerprint density at radius 1 is 1.12 bits per heavy atom. The van der Waals surface area contributed by atoms with E-state index < -0.39 is 30.4 Å². The van der Waals surface area contributed by atoms with Gasteiger partial charge in [0.1, 0.15) is 18.8 Å². The van der Waals surface area contributed by atoms with Crippen LogP contribution in [0.1, 0.15) is 19.4 Å². The number of hydrogen-bond acceptors (Lipinski definition) is 6. The van der Waals surface area contributed by atoms with E-state index in [-0.39, 0.29) is 6.61 Å². The van der Waals surface area contributed by atoms with Crippen molar-refractivity contribution < 1.29 is 28.5 Å². The van der Waals surface area contributed by atoms with E-state index in [2.05, 4.69) is 0 Å². The van der Waals surface area contributed by atoms with Crippen molar-refractivity contribution in [2.45, 2.75) is 32.3 Å². The molecule has 1 aliphatic heterocycles. The molecular weight excluding hydrogens is 324 g/mol. The molecule has 134 valence electrons. The predicted molar refractivity (Wildman–Crippen MR) is 91.4 cm³/mol. The van der Waals surface area contributed by atoms with Gasteiger partial charge in [-0.2, -0.15) is 0 Å². The third-order valence-electron chi connectivity index (χ3n) is 3.35. The summed E-state index contributed by atoms with van der Waals surface area (Å²) in [5.74, 6) is -0.862. The lowest BCUT2D eigenvalue weighted by molar-refractivity contribution is -0.194. The highest BCUT2D eigenvalue weighted by Gasteiger charge is 2.30. The van der Waals surface area contributed by atoms with Crippen LogP contribution < -0.4 is 0 Å². The van der Waals surface area contributed by atoms with Crippen molar-refractivity contribution in [2.75, 3.05) is 13.2 Å². The van der Waals surface area contributed by atoms with Crippen molar-refractivity contribution in [1.29, 1.82) is 0 Å². The summed E-state index contributed by atoms with van der Waals surface area (Å²) in [6.07, 6.45) is 5.36. The second-order valence-corrected chi connectivity index (χ2v) is 5.45. The molecule has 0 saturated carbocycles. The average molecular weight is 346 g/mol. The summed E-state index contributed by atoms with van der Waals surface area (Å²) in [6, 6.07) is 9.86. The minimum absolute atomic E-state index is 0.0165. The highest BCUT2D eigenvalue weighted by molar-refractivity contribution is 5.66. The second kappa shape index (κ2) is 9.76. The Morgan fingerprint density at radius 3 is 2.56 bits per heavy atom. The van der Waals surface area contributed by atoms with Gasteiger partial charge in [-0.25, -0.2) is 0 Å². The van der Waals surface area contributed by atoms with Crippen LogP contribution in [0.3, 0.4) is 0 Å². The monoisotopic (exact) mass is 346 g/mol. The Balaban J connectivity index is 1.87. The quantitative estimate of drug-likeness (QED) is 0.558. The van der Waals surface area contributed by atoms with Crippen LogP contribution >= 0.6 is 0 Å². The van der Waals surface area contributed by atoms with Crippen molar-refractivity contribution >= 4 is 18.0 Å². The van der Waals surface area contributed by atoms with Crippen LogP contribution in [0, 0.1) is 0 Å². The molecule has 0 saturated heterocycles. The van der Waals surface area contributed by atoms with Crippen LogP contribution in [0.4, 0.5) is 0 Å². The summed E-state index contributed by atoms with van der Waals surface area (Å²) in [5.41, 5.74) is 1.08. The summed E-state index contributed by atoms with van der Waals surface area (Å²) in [4.78, 5) is 22.2. The molecular formula is C19H22O6. The molecule has 0 radical (unpaired) electrons. The zero-order valence-corrected chi connectivity index (χ0v) is 14.3. The maximum absolute atomic E-state index is 11.2. The Kier molecular flexibility index (Phi) is 7.37. The topological polar surface area (TPSA) is 71.1 Å². The standard InChI is InChI=1S/C19H22O6/c1-14(20)23-13-18-17(24-15(2)21)10-11-19(25-18)22-12-6-9-16-7-4-3-5-8-16/h3-11,17-19H,12-13H2,1-2H3/b9-6+/t17-,18+,19?/m0/s1. The highest BCUT2D eigenvalue weighted by atomic mass is 16.7. The van der Waals surface area contributed by atoms with E-state index in [1.54, 1.807) is 12.2 Å². The van der Waals surface area contributed by atoms with Crippen molar-refractivity contribution in [3.8, 4) is 0 Å². The molecule has 1 aliphatic rings. The lowest BCUT2D eigenvalue weighted by Gasteiger charge is -2.31. The molecule has 0 aliphatic carbocycles. The molecule has 3 atom stereocenters. The molecule has 0 N–H and O–H groups in total.